The summed E-state index contributed by atoms with van der Waals surface area (Å²) in [5.74, 6) is 0. The highest BCUT2D eigenvalue weighted by molar-refractivity contribution is 6.15. The van der Waals surface area contributed by atoms with Crippen LogP contribution < -0.4 is 4.90 Å². The number of rotatable bonds is 6. The predicted octanol–water partition coefficient (Wildman–Crippen LogP) is 15.4. The van der Waals surface area contributed by atoms with Crippen LogP contribution in [0.2, 0.25) is 0 Å². The van der Waals surface area contributed by atoms with E-state index in [0.717, 1.165) is 44.6 Å². The lowest BCUT2D eigenvalue weighted by molar-refractivity contribution is 0.648. The molecule has 0 aliphatic heterocycles. The molecule has 60 heavy (non-hydrogen) atoms. The molecule has 0 saturated carbocycles. The topological polar surface area (TPSA) is 16.4 Å². The van der Waals surface area contributed by atoms with E-state index in [9.17, 15) is 0 Å². The van der Waals surface area contributed by atoms with Crippen LogP contribution in [0.15, 0.2) is 217 Å². The summed E-state index contributed by atoms with van der Waals surface area (Å²) in [6.07, 6.45) is 0. The first kappa shape index (κ1) is 34.6. The van der Waals surface area contributed by atoms with Gasteiger partial charge in [-0.2, -0.15) is 0 Å². The SMILES string of the molecule is CC1(C)c2ccccc2-c2ccc(N(c3cccc(-c4ccccc4)c3)c3ccc(C4(c5ccccc5)c5ccccc5-c5ccccc54)c4oc5ccccc5c34)cc21. The van der Waals surface area contributed by atoms with E-state index in [0.29, 0.717) is 0 Å². The van der Waals surface area contributed by atoms with Gasteiger partial charge in [-0.25, -0.2) is 0 Å². The molecule has 0 N–H and O–H groups in total. The van der Waals surface area contributed by atoms with Gasteiger partial charge in [0.2, 0.25) is 0 Å². The molecular weight excluding hydrogens is 727 g/mol. The molecule has 2 heteroatoms. The van der Waals surface area contributed by atoms with Crippen LogP contribution in [0.5, 0.6) is 0 Å². The summed E-state index contributed by atoms with van der Waals surface area (Å²) in [7, 11) is 0. The summed E-state index contributed by atoms with van der Waals surface area (Å²) in [4.78, 5) is 2.46. The Bertz CT molecular complexity index is 3250. The third-order valence-electron chi connectivity index (χ3n) is 13.3. The lowest BCUT2D eigenvalue weighted by Crippen LogP contribution is -2.29. The van der Waals surface area contributed by atoms with Crippen LogP contribution in [0.1, 0.15) is 47.2 Å². The summed E-state index contributed by atoms with van der Waals surface area (Å²) in [5.41, 5.74) is 19.3. The fourth-order valence-corrected chi connectivity index (χ4v) is 10.7. The summed E-state index contributed by atoms with van der Waals surface area (Å²) in [6.45, 7) is 4.72. The number of nitrogens with zero attached hydrogens (tertiary/aromatic N) is 1. The average Bonchev–Trinajstić information content (AvgIpc) is 3.92. The summed E-state index contributed by atoms with van der Waals surface area (Å²) < 4.78 is 7.25. The summed E-state index contributed by atoms with van der Waals surface area (Å²) >= 11 is 0. The summed E-state index contributed by atoms with van der Waals surface area (Å²) in [6, 6.07) is 77.8. The number of fused-ring (bicyclic) bond motifs is 9. The molecule has 0 bridgehead atoms. The van der Waals surface area contributed by atoms with E-state index in [2.05, 4.69) is 231 Å². The van der Waals surface area contributed by atoms with Crippen molar-refractivity contribution in [2.45, 2.75) is 24.7 Å². The van der Waals surface area contributed by atoms with E-state index in [-0.39, 0.29) is 5.41 Å². The van der Waals surface area contributed by atoms with Gasteiger partial charge in [0.25, 0.3) is 0 Å². The van der Waals surface area contributed by atoms with Crippen LogP contribution in [0.3, 0.4) is 0 Å². The zero-order valence-corrected chi connectivity index (χ0v) is 33.6. The first-order chi connectivity index (χ1) is 29.5. The number of hydrogen-bond donors (Lipinski definition) is 0. The van der Waals surface area contributed by atoms with Gasteiger partial charge in [0.05, 0.1) is 16.5 Å². The fraction of sp³-hybridized carbons (Fsp3) is 0.0690. The van der Waals surface area contributed by atoms with E-state index in [1.807, 2.05) is 0 Å². The molecule has 2 aliphatic carbocycles. The van der Waals surface area contributed by atoms with Crippen molar-refractivity contribution in [3.63, 3.8) is 0 Å². The van der Waals surface area contributed by atoms with Gasteiger partial charge in [-0.05, 0) is 97.6 Å². The second-order valence-corrected chi connectivity index (χ2v) is 16.8. The molecule has 12 rings (SSSR count). The van der Waals surface area contributed by atoms with Crippen LogP contribution in [0.4, 0.5) is 17.1 Å². The molecule has 10 aromatic rings. The van der Waals surface area contributed by atoms with E-state index >= 15 is 0 Å². The minimum Gasteiger partial charge on any atom is -0.456 e. The minimum absolute atomic E-state index is 0.160. The second kappa shape index (κ2) is 13.0. The van der Waals surface area contributed by atoms with Gasteiger partial charge >= 0.3 is 0 Å². The number of anilines is 3. The van der Waals surface area contributed by atoms with E-state index < -0.39 is 5.41 Å². The Hall–Kier alpha value is -7.42. The Morgan fingerprint density at radius 2 is 0.967 bits per heavy atom. The largest absolute Gasteiger partial charge is 0.456 e. The van der Waals surface area contributed by atoms with Gasteiger partial charge in [0.1, 0.15) is 11.2 Å². The molecule has 1 aromatic heterocycles. The monoisotopic (exact) mass is 767 g/mol. The Labute approximate surface area is 350 Å². The predicted molar refractivity (Wildman–Crippen MR) is 249 cm³/mol. The van der Waals surface area contributed by atoms with Gasteiger partial charge in [-0.1, -0.05) is 190 Å². The van der Waals surface area contributed by atoms with Gasteiger partial charge in [0.15, 0.2) is 0 Å². The molecule has 0 spiro atoms. The molecule has 0 unspecified atom stereocenters. The molecule has 0 fully saturated rings. The second-order valence-electron chi connectivity index (χ2n) is 16.8. The van der Waals surface area contributed by atoms with Crippen molar-refractivity contribution in [3.05, 3.63) is 246 Å². The van der Waals surface area contributed by atoms with Crippen LogP contribution in [-0.4, -0.2) is 0 Å². The standard InChI is InChI=1S/C58H41NO/c1-57(2)48-28-13-9-24-43(48)46-33-32-42(37-52(46)57)59(41-23-17-20-39(36-41)38-18-5-3-6-19-38)53-35-34-51(56-55(53)47-27-12-16-31-54(47)60-56)58(40-21-7-4-8-22-40)49-29-14-10-25-44(49)45-26-11-15-30-50(45)58/h3-37H,1-2H3. The van der Waals surface area contributed by atoms with Crippen LogP contribution >= 0.6 is 0 Å². The molecule has 0 amide bonds. The minimum atomic E-state index is -0.624. The van der Waals surface area contributed by atoms with Crippen molar-refractivity contribution in [2.24, 2.45) is 0 Å². The zero-order valence-electron chi connectivity index (χ0n) is 33.6. The van der Waals surface area contributed by atoms with Crippen molar-refractivity contribution in [1.82, 2.24) is 0 Å². The highest BCUT2D eigenvalue weighted by Crippen LogP contribution is 2.59. The number of benzene rings is 9. The third-order valence-corrected chi connectivity index (χ3v) is 13.3. The lowest BCUT2D eigenvalue weighted by atomic mass is 9.67. The lowest BCUT2D eigenvalue weighted by Gasteiger charge is -2.35. The molecular formula is C58H41NO. The van der Waals surface area contributed by atoms with Crippen molar-refractivity contribution < 1.29 is 4.42 Å². The number of para-hydroxylation sites is 1. The van der Waals surface area contributed by atoms with Gasteiger partial charge in [-0.3, -0.25) is 0 Å². The molecule has 0 atom stereocenters. The summed E-state index contributed by atoms with van der Waals surface area (Å²) in [5, 5.41) is 2.18. The maximum absolute atomic E-state index is 7.25. The number of hydrogen-bond acceptors (Lipinski definition) is 2. The third kappa shape index (κ3) is 4.82. The quantitative estimate of drug-likeness (QED) is 0.168. The highest BCUT2D eigenvalue weighted by atomic mass is 16.3. The molecule has 2 aliphatic rings. The highest BCUT2D eigenvalue weighted by Gasteiger charge is 2.48. The fourth-order valence-electron chi connectivity index (χ4n) is 10.7. The average molecular weight is 768 g/mol. The van der Waals surface area contributed by atoms with E-state index in [1.54, 1.807) is 0 Å². The van der Waals surface area contributed by atoms with Crippen LogP contribution in [0.25, 0.3) is 55.3 Å². The zero-order chi connectivity index (χ0) is 40.0. The van der Waals surface area contributed by atoms with Crippen LogP contribution in [-0.2, 0) is 10.8 Å². The molecule has 0 saturated heterocycles. The maximum atomic E-state index is 7.25. The van der Waals surface area contributed by atoms with Gasteiger partial charge in [-0.15, -0.1) is 0 Å². The molecule has 9 aromatic carbocycles. The van der Waals surface area contributed by atoms with Gasteiger partial charge < -0.3 is 9.32 Å². The van der Waals surface area contributed by atoms with E-state index in [1.165, 1.54) is 61.2 Å². The van der Waals surface area contributed by atoms with Gasteiger partial charge in [0, 0.05) is 27.7 Å². The Morgan fingerprint density at radius 3 is 1.70 bits per heavy atom. The molecule has 1 heterocycles. The first-order valence-electron chi connectivity index (χ1n) is 20.9. The maximum Gasteiger partial charge on any atom is 0.142 e. The van der Waals surface area contributed by atoms with Crippen molar-refractivity contribution in [2.75, 3.05) is 4.90 Å². The van der Waals surface area contributed by atoms with Crippen molar-refractivity contribution >= 4 is 39.0 Å². The molecule has 0 radical (unpaired) electrons. The Morgan fingerprint density at radius 1 is 0.400 bits per heavy atom. The van der Waals surface area contributed by atoms with E-state index in [4.69, 9.17) is 4.42 Å². The Kier molecular flexibility index (Phi) is 7.52. The van der Waals surface area contributed by atoms with Crippen molar-refractivity contribution in [3.8, 4) is 33.4 Å². The Balaban J connectivity index is 1.18. The molecule has 2 nitrogen and oxygen atoms in total. The normalized spacial score (nSPS) is 14.1. The van der Waals surface area contributed by atoms with Crippen LogP contribution in [0, 0.1) is 0 Å². The first-order valence-corrected chi connectivity index (χ1v) is 20.9. The smallest absolute Gasteiger partial charge is 0.142 e. The van der Waals surface area contributed by atoms with Crippen molar-refractivity contribution in [1.29, 1.82) is 0 Å². The molecule has 284 valence electrons. The number of furan rings is 1.